The van der Waals surface area contributed by atoms with Gasteiger partial charge in [0.2, 0.25) is 16.2 Å². The molecule has 30 heavy (non-hydrogen) atoms. The molecule has 0 aliphatic rings. The average Bonchev–Trinajstić information content (AvgIpc) is 3.36. The lowest BCUT2D eigenvalue weighted by molar-refractivity contribution is -0.384. The lowest BCUT2D eigenvalue weighted by Gasteiger charge is -2.00. The molecule has 0 atom stereocenters. The van der Waals surface area contributed by atoms with Gasteiger partial charge in [0.15, 0.2) is 8.68 Å². The van der Waals surface area contributed by atoms with Gasteiger partial charge >= 0.3 is 0 Å². The van der Waals surface area contributed by atoms with Gasteiger partial charge in [0.1, 0.15) is 0 Å². The fourth-order valence-electron chi connectivity index (χ4n) is 1.97. The number of carbonyl (C=O) groups excluding carboxylic acids is 2. The minimum absolute atomic E-state index is 0.0866. The molecule has 0 spiro atoms. The second-order valence-corrected chi connectivity index (χ2v) is 9.97. The van der Waals surface area contributed by atoms with Crippen LogP contribution in [0.5, 0.6) is 0 Å². The first-order chi connectivity index (χ1) is 14.4. The molecule has 0 aliphatic heterocycles. The van der Waals surface area contributed by atoms with E-state index in [0.29, 0.717) is 9.47 Å². The van der Waals surface area contributed by atoms with Crippen molar-refractivity contribution >= 4 is 74.0 Å². The smallest absolute Gasteiger partial charge is 0.270 e. The molecule has 2 amide bonds. The number of hydrogen-bond acceptors (Lipinski definition) is 12. The molecular weight excluding hydrogens is 470 g/mol. The number of non-ortho nitro benzene ring substituents is 1. The van der Waals surface area contributed by atoms with Crippen molar-refractivity contribution in [2.24, 2.45) is 0 Å². The molecule has 2 heterocycles. The van der Waals surface area contributed by atoms with Crippen molar-refractivity contribution in [1.82, 2.24) is 20.4 Å². The van der Waals surface area contributed by atoms with Crippen LogP contribution in [0.3, 0.4) is 0 Å². The van der Waals surface area contributed by atoms with Crippen molar-refractivity contribution in [2.75, 3.05) is 22.1 Å². The predicted molar refractivity (Wildman–Crippen MR) is 117 cm³/mol. The first-order valence-corrected chi connectivity index (χ1v) is 11.8. The van der Waals surface area contributed by atoms with E-state index in [1.807, 2.05) is 6.92 Å². The lowest BCUT2D eigenvalue weighted by Crippen LogP contribution is -2.13. The third-order valence-electron chi connectivity index (χ3n) is 3.19. The van der Waals surface area contributed by atoms with Crippen LogP contribution >= 0.6 is 46.2 Å². The number of nitro benzene ring substituents is 1. The molecule has 0 saturated heterocycles. The predicted octanol–water partition coefficient (Wildman–Crippen LogP) is 3.39. The molecule has 0 bridgehead atoms. The van der Waals surface area contributed by atoms with Crippen molar-refractivity contribution in [1.29, 1.82) is 0 Å². The Morgan fingerprint density at radius 3 is 2.40 bits per heavy atom. The van der Waals surface area contributed by atoms with Crippen LogP contribution in [-0.4, -0.2) is 48.6 Å². The SMILES string of the molecule is CCSc1nnc(NC(=O)CSc2nnc(NC(=O)c3cccc([N+](=O)[O-])c3)s2)s1. The van der Waals surface area contributed by atoms with E-state index >= 15 is 0 Å². The number of nitrogens with zero attached hydrogens (tertiary/aromatic N) is 5. The fraction of sp³-hybridized carbons (Fsp3) is 0.200. The Labute approximate surface area is 186 Å². The molecule has 0 saturated carbocycles. The van der Waals surface area contributed by atoms with Crippen LogP contribution in [0.2, 0.25) is 0 Å². The molecule has 3 rings (SSSR count). The fourth-order valence-corrected chi connectivity index (χ4v) is 5.19. The van der Waals surface area contributed by atoms with E-state index in [4.69, 9.17) is 0 Å². The Bertz CT molecular complexity index is 1070. The van der Waals surface area contributed by atoms with Crippen LogP contribution < -0.4 is 10.6 Å². The van der Waals surface area contributed by atoms with Gasteiger partial charge in [-0.2, -0.15) is 0 Å². The second-order valence-electron chi connectivity index (χ2n) is 5.28. The first kappa shape index (κ1) is 22.1. The number of amides is 2. The summed E-state index contributed by atoms with van der Waals surface area (Å²) in [6, 6.07) is 5.36. The molecule has 0 fully saturated rings. The molecule has 1 aromatic carbocycles. The molecule has 156 valence electrons. The monoisotopic (exact) mass is 483 g/mol. The summed E-state index contributed by atoms with van der Waals surface area (Å²) >= 11 is 5.10. The number of benzene rings is 1. The molecule has 0 aliphatic carbocycles. The van der Waals surface area contributed by atoms with Crippen LogP contribution in [0.4, 0.5) is 16.0 Å². The topological polar surface area (TPSA) is 153 Å². The second kappa shape index (κ2) is 10.4. The molecule has 11 nitrogen and oxygen atoms in total. The Morgan fingerprint density at radius 2 is 1.73 bits per heavy atom. The van der Waals surface area contributed by atoms with Gasteiger partial charge in [-0.1, -0.05) is 59.2 Å². The van der Waals surface area contributed by atoms with Crippen LogP contribution in [-0.2, 0) is 4.79 Å². The van der Waals surface area contributed by atoms with Crippen molar-refractivity contribution in [3.8, 4) is 0 Å². The highest BCUT2D eigenvalue weighted by Crippen LogP contribution is 2.27. The van der Waals surface area contributed by atoms with Crippen molar-refractivity contribution < 1.29 is 14.5 Å². The number of nitrogens with one attached hydrogen (secondary N) is 2. The molecule has 2 N–H and O–H groups in total. The Morgan fingerprint density at radius 1 is 1.07 bits per heavy atom. The van der Waals surface area contributed by atoms with Gasteiger partial charge in [0.25, 0.3) is 11.6 Å². The maximum atomic E-state index is 12.2. The molecule has 15 heteroatoms. The number of hydrogen-bond donors (Lipinski definition) is 2. The first-order valence-electron chi connectivity index (χ1n) is 8.23. The number of thioether (sulfide) groups is 2. The zero-order chi connectivity index (χ0) is 21.5. The zero-order valence-corrected chi connectivity index (χ0v) is 18.5. The zero-order valence-electron chi connectivity index (χ0n) is 15.2. The highest BCUT2D eigenvalue weighted by atomic mass is 32.2. The number of rotatable bonds is 9. The number of nitro groups is 1. The Balaban J connectivity index is 1.51. The molecule has 2 aromatic heterocycles. The van der Waals surface area contributed by atoms with E-state index in [9.17, 15) is 19.7 Å². The third-order valence-corrected chi connectivity index (χ3v) is 7.02. The summed E-state index contributed by atoms with van der Waals surface area (Å²) in [6.07, 6.45) is 0. The summed E-state index contributed by atoms with van der Waals surface area (Å²) in [5, 5.41) is 32.3. The quantitative estimate of drug-likeness (QED) is 0.200. The van der Waals surface area contributed by atoms with Crippen LogP contribution in [0, 0.1) is 10.1 Å². The van der Waals surface area contributed by atoms with Gasteiger partial charge in [0.05, 0.1) is 10.7 Å². The van der Waals surface area contributed by atoms with Gasteiger partial charge in [-0.05, 0) is 11.8 Å². The summed E-state index contributed by atoms with van der Waals surface area (Å²) in [5.74, 6) is 0.154. The summed E-state index contributed by atoms with van der Waals surface area (Å²) in [6.45, 7) is 2.00. The van der Waals surface area contributed by atoms with Gasteiger partial charge in [-0.3, -0.25) is 30.3 Å². The normalized spacial score (nSPS) is 10.6. The van der Waals surface area contributed by atoms with Gasteiger partial charge in [-0.15, -0.1) is 20.4 Å². The van der Waals surface area contributed by atoms with Crippen LogP contribution in [0.25, 0.3) is 0 Å². The van der Waals surface area contributed by atoms with Crippen LogP contribution in [0.15, 0.2) is 32.9 Å². The highest BCUT2D eigenvalue weighted by Gasteiger charge is 2.15. The number of carbonyl (C=O) groups is 2. The van der Waals surface area contributed by atoms with E-state index in [-0.39, 0.29) is 28.0 Å². The third kappa shape index (κ3) is 6.19. The lowest BCUT2D eigenvalue weighted by atomic mass is 10.2. The summed E-state index contributed by atoms with van der Waals surface area (Å²) < 4.78 is 1.27. The summed E-state index contributed by atoms with van der Waals surface area (Å²) in [7, 11) is 0. The van der Waals surface area contributed by atoms with Gasteiger partial charge < -0.3 is 0 Å². The molecule has 3 aromatic rings. The molecular formula is C15H13N7O4S4. The van der Waals surface area contributed by atoms with Crippen molar-refractivity contribution in [3.05, 3.63) is 39.9 Å². The van der Waals surface area contributed by atoms with Gasteiger partial charge in [0, 0.05) is 17.7 Å². The number of aromatic nitrogens is 4. The summed E-state index contributed by atoms with van der Waals surface area (Å²) in [5.41, 5.74) is -0.0522. The van der Waals surface area contributed by atoms with E-state index in [2.05, 4.69) is 31.0 Å². The average molecular weight is 484 g/mol. The van der Waals surface area contributed by atoms with E-state index in [0.717, 1.165) is 33.2 Å². The maximum Gasteiger partial charge on any atom is 0.270 e. The van der Waals surface area contributed by atoms with E-state index < -0.39 is 10.8 Å². The van der Waals surface area contributed by atoms with Crippen LogP contribution in [0.1, 0.15) is 17.3 Å². The molecule has 0 radical (unpaired) electrons. The maximum absolute atomic E-state index is 12.2. The largest absolute Gasteiger partial charge is 0.300 e. The minimum atomic E-state index is -0.577. The summed E-state index contributed by atoms with van der Waals surface area (Å²) in [4.78, 5) is 34.5. The standard InChI is InChI=1S/C15H13N7O4S4/c1-2-27-14-20-18-12(29-14)16-10(23)7-28-15-21-19-13(30-15)17-11(24)8-4-3-5-9(6-8)22(25)26/h3-6H,2,7H2,1H3,(H,16,18,23)(H,17,19,24). The van der Waals surface area contributed by atoms with Crippen molar-refractivity contribution in [3.63, 3.8) is 0 Å². The minimum Gasteiger partial charge on any atom is -0.300 e. The Kier molecular flexibility index (Phi) is 7.67. The van der Waals surface area contributed by atoms with Gasteiger partial charge in [-0.25, -0.2) is 0 Å². The number of anilines is 2. The van der Waals surface area contributed by atoms with Crippen molar-refractivity contribution in [2.45, 2.75) is 15.6 Å². The van der Waals surface area contributed by atoms with E-state index in [1.54, 1.807) is 11.8 Å². The Hall–Kier alpha value is -2.62. The highest BCUT2D eigenvalue weighted by molar-refractivity contribution is 8.01. The molecule has 0 unspecified atom stereocenters. The van der Waals surface area contributed by atoms with E-state index in [1.165, 1.54) is 35.6 Å².